The molecule has 6 nitrogen and oxygen atoms in total. The van der Waals surface area contributed by atoms with Gasteiger partial charge in [-0.25, -0.2) is 9.97 Å². The van der Waals surface area contributed by atoms with Crippen molar-refractivity contribution >= 4 is 41.3 Å². The van der Waals surface area contributed by atoms with E-state index in [1.54, 1.807) is 31.7 Å². The molecule has 0 aromatic carbocycles. The molecule has 2 heterocycles. The lowest BCUT2D eigenvalue weighted by atomic mass is 10.2. The number of thiazole rings is 1. The zero-order valence-electron chi connectivity index (χ0n) is 14.4. The lowest BCUT2D eigenvalue weighted by molar-refractivity contribution is 0.392. The van der Waals surface area contributed by atoms with Crippen LogP contribution in [0, 0.1) is 0 Å². The summed E-state index contributed by atoms with van der Waals surface area (Å²) >= 11 is 1.66. The standard InChI is InChI=1S/C16H23N5OS.HI/c1-11(2)13-10-23-14(21-13)9-20-16(17-3)19-8-12-6-5-7-18-15(12)22-4;/h5-7,10-11H,8-9H2,1-4H3,(H2,17,19,20);1H. The van der Waals surface area contributed by atoms with Gasteiger partial charge in [0.25, 0.3) is 0 Å². The SMILES string of the molecule is CN=C(NCc1nc(C(C)C)cs1)NCc1cccnc1OC.I. The molecule has 0 aliphatic rings. The van der Waals surface area contributed by atoms with E-state index in [2.05, 4.69) is 44.8 Å². The fourth-order valence-corrected chi connectivity index (χ4v) is 2.87. The molecule has 2 rings (SSSR count). The molecule has 0 unspecified atom stereocenters. The Hall–Kier alpha value is -1.42. The van der Waals surface area contributed by atoms with Crippen molar-refractivity contribution in [1.29, 1.82) is 0 Å². The summed E-state index contributed by atoms with van der Waals surface area (Å²) < 4.78 is 5.25. The molecule has 0 saturated heterocycles. The predicted octanol–water partition coefficient (Wildman–Crippen LogP) is 3.15. The van der Waals surface area contributed by atoms with E-state index in [4.69, 9.17) is 4.74 Å². The van der Waals surface area contributed by atoms with Gasteiger partial charge in [0.2, 0.25) is 5.88 Å². The van der Waals surface area contributed by atoms with Gasteiger partial charge < -0.3 is 15.4 Å². The fraction of sp³-hybridized carbons (Fsp3) is 0.438. The molecule has 2 N–H and O–H groups in total. The number of ether oxygens (including phenoxy) is 1. The Morgan fingerprint density at radius 2 is 2.08 bits per heavy atom. The first-order valence-corrected chi connectivity index (χ1v) is 8.38. The number of hydrogen-bond acceptors (Lipinski definition) is 5. The van der Waals surface area contributed by atoms with Crippen LogP contribution in [-0.2, 0) is 13.1 Å². The first-order valence-electron chi connectivity index (χ1n) is 7.50. The van der Waals surface area contributed by atoms with Gasteiger partial charge in [-0.2, -0.15) is 0 Å². The summed E-state index contributed by atoms with van der Waals surface area (Å²) in [6.07, 6.45) is 1.71. The molecule has 0 aliphatic heterocycles. The van der Waals surface area contributed by atoms with Crippen molar-refractivity contribution in [2.24, 2.45) is 4.99 Å². The second-order valence-corrected chi connectivity index (χ2v) is 6.21. The summed E-state index contributed by atoms with van der Waals surface area (Å²) in [6.45, 7) is 5.54. The number of hydrogen-bond donors (Lipinski definition) is 2. The summed E-state index contributed by atoms with van der Waals surface area (Å²) in [5.74, 6) is 1.80. The lowest BCUT2D eigenvalue weighted by Crippen LogP contribution is -2.36. The number of rotatable bonds is 6. The first-order chi connectivity index (χ1) is 11.1. The van der Waals surface area contributed by atoms with Gasteiger partial charge in [0, 0.05) is 30.7 Å². The molecular formula is C16H24IN5OS. The van der Waals surface area contributed by atoms with Gasteiger partial charge >= 0.3 is 0 Å². The number of methoxy groups -OCH3 is 1. The second-order valence-electron chi connectivity index (χ2n) is 5.27. The number of guanidine groups is 1. The quantitative estimate of drug-likeness (QED) is 0.393. The van der Waals surface area contributed by atoms with E-state index in [0.29, 0.717) is 24.9 Å². The minimum atomic E-state index is 0. The summed E-state index contributed by atoms with van der Waals surface area (Å²) in [6, 6.07) is 3.86. The first kappa shape index (κ1) is 20.6. The fourth-order valence-electron chi connectivity index (χ4n) is 1.97. The van der Waals surface area contributed by atoms with Gasteiger partial charge in [-0.1, -0.05) is 19.9 Å². The maximum atomic E-state index is 5.25. The maximum absolute atomic E-state index is 5.25. The van der Waals surface area contributed by atoms with Crippen LogP contribution in [0.25, 0.3) is 0 Å². The van der Waals surface area contributed by atoms with Crippen molar-refractivity contribution < 1.29 is 4.74 Å². The summed E-state index contributed by atoms with van der Waals surface area (Å²) in [5, 5.41) is 9.69. The summed E-state index contributed by atoms with van der Waals surface area (Å²) in [5.41, 5.74) is 2.11. The second kappa shape index (κ2) is 10.4. The zero-order valence-corrected chi connectivity index (χ0v) is 17.5. The van der Waals surface area contributed by atoms with E-state index in [9.17, 15) is 0 Å². The Morgan fingerprint density at radius 3 is 2.71 bits per heavy atom. The normalized spacial score (nSPS) is 11.1. The molecule has 0 atom stereocenters. The van der Waals surface area contributed by atoms with E-state index < -0.39 is 0 Å². The third-order valence-electron chi connectivity index (χ3n) is 3.28. The lowest BCUT2D eigenvalue weighted by Gasteiger charge is -2.12. The number of aliphatic imine (C=N–C) groups is 1. The van der Waals surface area contributed by atoms with Crippen molar-refractivity contribution in [1.82, 2.24) is 20.6 Å². The van der Waals surface area contributed by atoms with Crippen LogP contribution in [0.4, 0.5) is 0 Å². The van der Waals surface area contributed by atoms with Gasteiger partial charge in [-0.3, -0.25) is 4.99 Å². The average molecular weight is 461 g/mol. The third kappa shape index (κ3) is 5.90. The molecule has 2 aromatic heterocycles. The van der Waals surface area contributed by atoms with Crippen molar-refractivity contribution in [2.75, 3.05) is 14.2 Å². The van der Waals surface area contributed by atoms with E-state index in [1.165, 1.54) is 0 Å². The van der Waals surface area contributed by atoms with Gasteiger partial charge in [0.1, 0.15) is 5.01 Å². The third-order valence-corrected chi connectivity index (χ3v) is 4.15. The monoisotopic (exact) mass is 461 g/mol. The Bertz CT molecular complexity index is 659. The molecule has 24 heavy (non-hydrogen) atoms. The Morgan fingerprint density at radius 1 is 1.33 bits per heavy atom. The highest BCUT2D eigenvalue weighted by atomic mass is 127. The zero-order chi connectivity index (χ0) is 16.7. The molecule has 0 fully saturated rings. The van der Waals surface area contributed by atoms with Gasteiger partial charge in [-0.15, -0.1) is 35.3 Å². The highest BCUT2D eigenvalue weighted by Gasteiger charge is 2.07. The summed E-state index contributed by atoms with van der Waals surface area (Å²) in [7, 11) is 3.37. The predicted molar refractivity (Wildman–Crippen MR) is 109 cm³/mol. The highest BCUT2D eigenvalue weighted by Crippen LogP contribution is 2.17. The van der Waals surface area contributed by atoms with E-state index in [1.807, 2.05) is 12.1 Å². The minimum Gasteiger partial charge on any atom is -0.481 e. The van der Waals surface area contributed by atoms with Crippen LogP contribution in [0.1, 0.15) is 36.0 Å². The van der Waals surface area contributed by atoms with Crippen molar-refractivity contribution in [3.63, 3.8) is 0 Å². The topological polar surface area (TPSA) is 71.4 Å². The van der Waals surface area contributed by atoms with Crippen molar-refractivity contribution in [3.8, 4) is 5.88 Å². The van der Waals surface area contributed by atoms with Crippen molar-refractivity contribution in [3.05, 3.63) is 40.0 Å². The largest absolute Gasteiger partial charge is 0.481 e. The molecule has 2 aromatic rings. The Balaban J connectivity index is 0.00000288. The van der Waals surface area contributed by atoms with Crippen LogP contribution in [-0.4, -0.2) is 30.1 Å². The Kier molecular flexibility index (Phi) is 8.98. The van der Waals surface area contributed by atoms with Gasteiger partial charge in [0.15, 0.2) is 5.96 Å². The smallest absolute Gasteiger partial charge is 0.218 e. The van der Waals surface area contributed by atoms with Crippen LogP contribution in [0.15, 0.2) is 28.7 Å². The molecule has 132 valence electrons. The van der Waals surface area contributed by atoms with Crippen LogP contribution < -0.4 is 15.4 Å². The van der Waals surface area contributed by atoms with Crippen molar-refractivity contribution in [2.45, 2.75) is 32.9 Å². The molecule has 0 aliphatic carbocycles. The van der Waals surface area contributed by atoms with Crippen LogP contribution in [0.2, 0.25) is 0 Å². The highest BCUT2D eigenvalue weighted by molar-refractivity contribution is 14.0. The minimum absolute atomic E-state index is 0. The van der Waals surface area contributed by atoms with E-state index in [0.717, 1.165) is 22.2 Å². The molecule has 0 saturated carbocycles. The molecule has 0 radical (unpaired) electrons. The number of aromatic nitrogens is 2. The summed E-state index contributed by atoms with van der Waals surface area (Å²) in [4.78, 5) is 13.0. The van der Waals surface area contributed by atoms with Crippen LogP contribution in [0.5, 0.6) is 5.88 Å². The molecular weight excluding hydrogens is 437 g/mol. The van der Waals surface area contributed by atoms with Crippen LogP contribution in [0.3, 0.4) is 0 Å². The number of halogens is 1. The molecule has 0 bridgehead atoms. The maximum Gasteiger partial charge on any atom is 0.218 e. The molecule has 8 heteroatoms. The van der Waals surface area contributed by atoms with E-state index >= 15 is 0 Å². The van der Waals surface area contributed by atoms with Gasteiger partial charge in [-0.05, 0) is 12.0 Å². The average Bonchev–Trinajstić information content (AvgIpc) is 3.04. The molecule has 0 amide bonds. The molecule has 0 spiro atoms. The van der Waals surface area contributed by atoms with Gasteiger partial charge in [0.05, 0.1) is 19.3 Å². The number of nitrogens with zero attached hydrogens (tertiary/aromatic N) is 3. The number of nitrogens with one attached hydrogen (secondary N) is 2. The van der Waals surface area contributed by atoms with E-state index in [-0.39, 0.29) is 24.0 Å². The van der Waals surface area contributed by atoms with Crippen LogP contribution >= 0.6 is 35.3 Å². The Labute approximate surface area is 164 Å². The number of pyridine rings is 1.